The highest BCUT2D eigenvalue weighted by atomic mass is 16.5. The summed E-state index contributed by atoms with van der Waals surface area (Å²) in [5.74, 6) is 0.357. The van der Waals surface area contributed by atoms with E-state index in [1.165, 1.54) is 6.20 Å². The predicted molar refractivity (Wildman–Crippen MR) is 68.8 cm³/mol. The molecule has 6 nitrogen and oxygen atoms in total. The second-order valence-electron chi connectivity index (χ2n) is 3.83. The number of carbonyl (C=O) groups excluding carboxylic acids is 1. The van der Waals surface area contributed by atoms with Gasteiger partial charge in [-0.05, 0) is 31.2 Å². The second-order valence-corrected chi connectivity index (χ2v) is 3.83. The van der Waals surface area contributed by atoms with E-state index in [4.69, 9.17) is 10.00 Å². The average Bonchev–Trinajstić information content (AvgIpc) is 2.84. The largest absolute Gasteiger partial charge is 0.479 e. The van der Waals surface area contributed by atoms with E-state index in [1.54, 1.807) is 31.2 Å². The van der Waals surface area contributed by atoms with Crippen molar-refractivity contribution in [3.8, 4) is 11.8 Å². The summed E-state index contributed by atoms with van der Waals surface area (Å²) in [4.78, 5) is 11.9. The molecule has 19 heavy (non-hydrogen) atoms. The molecule has 6 heteroatoms. The lowest BCUT2D eigenvalue weighted by atomic mass is 10.2. The number of carbonyl (C=O) groups is 1. The summed E-state index contributed by atoms with van der Waals surface area (Å²) in [6.07, 6.45) is 1.48. The fourth-order valence-electron chi connectivity index (χ4n) is 1.53. The molecule has 1 aromatic heterocycles. The number of benzene rings is 1. The normalized spacial score (nSPS) is 9.68. The zero-order chi connectivity index (χ0) is 13.7. The molecule has 0 bridgehead atoms. The van der Waals surface area contributed by atoms with Crippen LogP contribution in [0.5, 0.6) is 5.75 Å². The van der Waals surface area contributed by atoms with E-state index >= 15 is 0 Å². The van der Waals surface area contributed by atoms with Crippen molar-refractivity contribution in [1.82, 2.24) is 10.2 Å². The lowest BCUT2D eigenvalue weighted by Crippen LogP contribution is -2.12. The summed E-state index contributed by atoms with van der Waals surface area (Å²) >= 11 is 0. The van der Waals surface area contributed by atoms with Crippen molar-refractivity contribution in [2.24, 2.45) is 0 Å². The van der Waals surface area contributed by atoms with Crippen LogP contribution < -0.4 is 10.1 Å². The molecule has 2 aromatic rings. The third-order valence-corrected chi connectivity index (χ3v) is 2.49. The Morgan fingerprint density at radius 1 is 1.47 bits per heavy atom. The molecule has 0 atom stereocenters. The van der Waals surface area contributed by atoms with Gasteiger partial charge in [0.1, 0.15) is 11.8 Å². The van der Waals surface area contributed by atoms with E-state index in [0.717, 1.165) is 0 Å². The Morgan fingerprint density at radius 2 is 2.21 bits per heavy atom. The van der Waals surface area contributed by atoms with E-state index in [0.29, 0.717) is 22.7 Å². The van der Waals surface area contributed by atoms with E-state index in [1.807, 2.05) is 6.07 Å². The quantitative estimate of drug-likeness (QED) is 0.873. The van der Waals surface area contributed by atoms with Crippen molar-refractivity contribution >= 4 is 11.6 Å². The van der Waals surface area contributed by atoms with Gasteiger partial charge in [0.25, 0.3) is 5.91 Å². The number of amides is 1. The number of nitrogens with one attached hydrogen (secondary N) is 2. The molecule has 0 aliphatic rings. The molecule has 0 unspecified atom stereocenters. The summed E-state index contributed by atoms with van der Waals surface area (Å²) in [5.41, 5.74) is 1.87. The zero-order valence-electron chi connectivity index (χ0n) is 10.3. The first-order valence-corrected chi connectivity index (χ1v) is 5.62. The molecule has 1 heterocycles. The van der Waals surface area contributed by atoms with Crippen LogP contribution in [0.3, 0.4) is 0 Å². The maximum Gasteiger partial charge on any atom is 0.259 e. The monoisotopic (exact) mass is 256 g/mol. The van der Waals surface area contributed by atoms with E-state index in [-0.39, 0.29) is 12.5 Å². The zero-order valence-corrected chi connectivity index (χ0v) is 10.3. The molecule has 96 valence electrons. The standard InChI is InChI=1S/C13H12N4O2/c1-9-12(8-15-17-9)13(18)16-10-2-4-11(5-3-10)19-7-6-14/h2-5,8H,7H2,1H3,(H,15,17)(H,16,18). The van der Waals surface area contributed by atoms with Crippen LogP contribution in [0.1, 0.15) is 16.1 Å². The Balaban J connectivity index is 2.02. The first-order valence-electron chi connectivity index (χ1n) is 5.62. The van der Waals surface area contributed by atoms with Crippen molar-refractivity contribution in [2.45, 2.75) is 6.92 Å². The van der Waals surface area contributed by atoms with Gasteiger partial charge >= 0.3 is 0 Å². The molecule has 1 aromatic carbocycles. The second kappa shape index (κ2) is 5.69. The number of anilines is 1. The Kier molecular flexibility index (Phi) is 3.78. The highest BCUT2D eigenvalue weighted by Crippen LogP contribution is 2.16. The van der Waals surface area contributed by atoms with Gasteiger partial charge in [-0.2, -0.15) is 10.4 Å². The van der Waals surface area contributed by atoms with Crippen LogP contribution in [0.2, 0.25) is 0 Å². The van der Waals surface area contributed by atoms with E-state index < -0.39 is 0 Å². The number of nitriles is 1. The van der Waals surface area contributed by atoms with Crippen molar-refractivity contribution < 1.29 is 9.53 Å². The SMILES string of the molecule is Cc1[nH]ncc1C(=O)Nc1ccc(OCC#N)cc1. The van der Waals surface area contributed by atoms with Gasteiger partial charge in [0, 0.05) is 11.4 Å². The third-order valence-electron chi connectivity index (χ3n) is 2.49. The van der Waals surface area contributed by atoms with Gasteiger partial charge in [0.2, 0.25) is 0 Å². The molecule has 0 aliphatic heterocycles. The first kappa shape index (κ1) is 12.6. The van der Waals surface area contributed by atoms with Gasteiger partial charge in [-0.1, -0.05) is 0 Å². The highest BCUT2D eigenvalue weighted by molar-refractivity contribution is 6.04. The van der Waals surface area contributed by atoms with Crippen LogP contribution in [-0.4, -0.2) is 22.7 Å². The van der Waals surface area contributed by atoms with Crippen molar-refractivity contribution in [3.63, 3.8) is 0 Å². The Hall–Kier alpha value is -2.81. The summed E-state index contributed by atoms with van der Waals surface area (Å²) in [6, 6.07) is 8.68. The Bertz CT molecular complexity index is 610. The van der Waals surface area contributed by atoms with Crippen molar-refractivity contribution in [3.05, 3.63) is 41.7 Å². The molecule has 2 N–H and O–H groups in total. The minimum absolute atomic E-state index is 0.0000794. The topological polar surface area (TPSA) is 90.8 Å². The predicted octanol–water partition coefficient (Wildman–Crippen LogP) is 1.87. The minimum Gasteiger partial charge on any atom is -0.479 e. The number of hydrogen-bond donors (Lipinski definition) is 2. The minimum atomic E-state index is -0.225. The number of hydrogen-bond acceptors (Lipinski definition) is 4. The van der Waals surface area contributed by atoms with Crippen LogP contribution in [0.4, 0.5) is 5.69 Å². The molecule has 0 saturated heterocycles. The number of ether oxygens (including phenoxy) is 1. The lowest BCUT2D eigenvalue weighted by Gasteiger charge is -2.06. The van der Waals surface area contributed by atoms with Gasteiger partial charge in [-0.25, -0.2) is 0 Å². The summed E-state index contributed by atoms with van der Waals surface area (Å²) in [5, 5.41) is 17.6. The van der Waals surface area contributed by atoms with Gasteiger partial charge in [-0.3, -0.25) is 9.89 Å². The summed E-state index contributed by atoms with van der Waals surface area (Å²) < 4.78 is 5.12. The van der Waals surface area contributed by atoms with E-state index in [2.05, 4.69) is 15.5 Å². The number of aromatic amines is 1. The van der Waals surface area contributed by atoms with E-state index in [9.17, 15) is 4.79 Å². The molecular formula is C13H12N4O2. The third kappa shape index (κ3) is 3.10. The fourth-order valence-corrected chi connectivity index (χ4v) is 1.53. The molecule has 1 amide bonds. The van der Waals surface area contributed by atoms with Gasteiger partial charge in [0.05, 0.1) is 11.8 Å². The molecular weight excluding hydrogens is 244 g/mol. The Morgan fingerprint density at radius 3 is 2.79 bits per heavy atom. The van der Waals surface area contributed by atoms with Crippen molar-refractivity contribution in [2.75, 3.05) is 11.9 Å². The van der Waals surface area contributed by atoms with Gasteiger partial charge in [0.15, 0.2) is 6.61 Å². The van der Waals surface area contributed by atoms with Crippen LogP contribution in [0.15, 0.2) is 30.5 Å². The number of aromatic nitrogens is 2. The summed E-state index contributed by atoms with van der Waals surface area (Å²) in [6.45, 7) is 1.78. The maximum absolute atomic E-state index is 11.9. The molecule has 0 radical (unpaired) electrons. The molecule has 0 spiro atoms. The van der Waals surface area contributed by atoms with Gasteiger partial charge < -0.3 is 10.1 Å². The van der Waals surface area contributed by atoms with Crippen LogP contribution >= 0.6 is 0 Å². The molecule has 2 rings (SSSR count). The van der Waals surface area contributed by atoms with Gasteiger partial charge in [-0.15, -0.1) is 0 Å². The maximum atomic E-state index is 11.9. The number of aryl methyl sites for hydroxylation is 1. The smallest absolute Gasteiger partial charge is 0.259 e. The molecule has 0 fully saturated rings. The fraction of sp³-hybridized carbons (Fsp3) is 0.154. The van der Waals surface area contributed by atoms with Crippen LogP contribution in [-0.2, 0) is 0 Å². The lowest BCUT2D eigenvalue weighted by molar-refractivity contribution is 0.102. The van der Waals surface area contributed by atoms with Crippen LogP contribution in [0.25, 0.3) is 0 Å². The van der Waals surface area contributed by atoms with Crippen molar-refractivity contribution in [1.29, 1.82) is 5.26 Å². The summed E-state index contributed by atoms with van der Waals surface area (Å²) in [7, 11) is 0. The molecule has 0 saturated carbocycles. The Labute approximate surface area is 110 Å². The molecule has 0 aliphatic carbocycles. The number of nitrogens with zero attached hydrogens (tertiary/aromatic N) is 2. The number of H-pyrrole nitrogens is 1. The number of rotatable bonds is 4. The highest BCUT2D eigenvalue weighted by Gasteiger charge is 2.10. The average molecular weight is 256 g/mol. The first-order chi connectivity index (χ1) is 9.20. The van der Waals surface area contributed by atoms with Crippen LogP contribution in [0, 0.1) is 18.3 Å².